The third-order valence-electron chi connectivity index (χ3n) is 4.60. The Kier molecular flexibility index (Phi) is 5.65. The molecule has 25 heavy (non-hydrogen) atoms. The summed E-state index contributed by atoms with van der Waals surface area (Å²) in [6, 6.07) is 5.33. The number of carbonyl (C=O) groups is 1. The molecule has 7 nitrogen and oxygen atoms in total. The van der Waals surface area contributed by atoms with E-state index in [-0.39, 0.29) is 11.9 Å². The van der Waals surface area contributed by atoms with Crippen molar-refractivity contribution in [3.8, 4) is 5.88 Å². The average Bonchev–Trinajstić information content (AvgIpc) is 3.24. The van der Waals surface area contributed by atoms with Gasteiger partial charge in [-0.1, -0.05) is 6.07 Å². The number of aliphatic hydroxyl groups is 1. The van der Waals surface area contributed by atoms with E-state index in [2.05, 4.69) is 15.3 Å². The van der Waals surface area contributed by atoms with Gasteiger partial charge in [-0.25, -0.2) is 9.97 Å². The van der Waals surface area contributed by atoms with Gasteiger partial charge in [0.15, 0.2) is 0 Å². The molecule has 0 saturated heterocycles. The van der Waals surface area contributed by atoms with Crippen LogP contribution in [0.1, 0.15) is 25.0 Å². The zero-order valence-corrected chi connectivity index (χ0v) is 14.3. The Morgan fingerprint density at radius 2 is 2.32 bits per heavy atom. The van der Waals surface area contributed by atoms with Crippen LogP contribution in [0, 0.1) is 5.92 Å². The summed E-state index contributed by atoms with van der Waals surface area (Å²) in [4.78, 5) is 20.5. The first-order valence-electron chi connectivity index (χ1n) is 8.57. The minimum Gasteiger partial charge on any atom is -0.481 e. The number of nitrogens with one attached hydrogen (secondary N) is 1. The normalized spacial score (nSPS) is 22.7. The summed E-state index contributed by atoms with van der Waals surface area (Å²) < 4.78 is 7.10. The highest BCUT2D eigenvalue weighted by Gasteiger charge is 2.33. The number of hydrogen-bond donors (Lipinski definition) is 2. The molecule has 0 spiro atoms. The number of hydrogen-bond acceptors (Lipinski definition) is 5. The zero-order valence-electron chi connectivity index (χ0n) is 14.3. The van der Waals surface area contributed by atoms with E-state index in [1.807, 2.05) is 22.9 Å². The number of ether oxygens (including phenoxy) is 1. The fourth-order valence-corrected chi connectivity index (χ4v) is 3.35. The molecule has 1 saturated carbocycles. The van der Waals surface area contributed by atoms with Crippen molar-refractivity contribution in [1.29, 1.82) is 0 Å². The fourth-order valence-electron chi connectivity index (χ4n) is 3.35. The lowest BCUT2D eigenvalue weighted by Gasteiger charge is -2.16. The van der Waals surface area contributed by atoms with E-state index in [4.69, 9.17) is 4.74 Å². The Bertz CT molecular complexity index is 689. The minimum atomic E-state index is -0.493. The van der Waals surface area contributed by atoms with Gasteiger partial charge in [-0.3, -0.25) is 4.79 Å². The quantitative estimate of drug-likeness (QED) is 0.787. The van der Waals surface area contributed by atoms with Crippen LogP contribution < -0.4 is 10.1 Å². The smallest absolute Gasteiger partial charge is 0.220 e. The molecule has 7 heteroatoms. The maximum atomic E-state index is 12.2. The highest BCUT2D eigenvalue weighted by atomic mass is 16.5. The first-order chi connectivity index (χ1) is 12.1. The Morgan fingerprint density at radius 3 is 3.08 bits per heavy atom. The molecule has 2 aromatic rings. The highest BCUT2D eigenvalue weighted by Crippen LogP contribution is 2.27. The van der Waals surface area contributed by atoms with Gasteiger partial charge in [-0.05, 0) is 31.2 Å². The predicted octanol–water partition coefficient (Wildman–Crippen LogP) is 1.18. The van der Waals surface area contributed by atoms with Crippen LogP contribution in [0.4, 0.5) is 0 Å². The first kappa shape index (κ1) is 17.4. The maximum absolute atomic E-state index is 12.2. The zero-order chi connectivity index (χ0) is 17.6. The van der Waals surface area contributed by atoms with Crippen LogP contribution in [0.25, 0.3) is 0 Å². The van der Waals surface area contributed by atoms with E-state index in [0.717, 1.165) is 18.7 Å². The van der Waals surface area contributed by atoms with E-state index in [1.54, 1.807) is 25.7 Å². The Labute approximate surface area is 147 Å². The molecule has 3 rings (SSSR count). The van der Waals surface area contributed by atoms with Gasteiger partial charge in [-0.2, -0.15) is 0 Å². The number of carbonyl (C=O) groups excluding carboxylic acids is 1. The second kappa shape index (κ2) is 8.11. The summed E-state index contributed by atoms with van der Waals surface area (Å²) in [5, 5.41) is 13.2. The number of rotatable bonds is 7. The summed E-state index contributed by atoms with van der Waals surface area (Å²) in [5.41, 5.74) is 0.819. The summed E-state index contributed by atoms with van der Waals surface area (Å²) in [6.45, 7) is 0.817. The van der Waals surface area contributed by atoms with Crippen molar-refractivity contribution in [2.45, 2.75) is 44.4 Å². The molecular formula is C18H24N4O3. The molecule has 2 heterocycles. The molecular weight excluding hydrogens is 320 g/mol. The van der Waals surface area contributed by atoms with Crippen LogP contribution in [0.3, 0.4) is 0 Å². The van der Waals surface area contributed by atoms with Gasteiger partial charge in [0.05, 0.1) is 25.6 Å². The predicted molar refractivity (Wildman–Crippen MR) is 92.0 cm³/mol. The summed E-state index contributed by atoms with van der Waals surface area (Å²) in [6.07, 6.45) is 7.31. The second-order valence-electron chi connectivity index (χ2n) is 6.51. The third kappa shape index (κ3) is 4.79. The van der Waals surface area contributed by atoms with E-state index < -0.39 is 6.10 Å². The molecule has 1 fully saturated rings. The summed E-state index contributed by atoms with van der Waals surface area (Å²) in [5.74, 6) is 0.831. The lowest BCUT2D eigenvalue weighted by Crippen LogP contribution is -2.40. The van der Waals surface area contributed by atoms with Crippen LogP contribution in [-0.2, 0) is 17.8 Å². The summed E-state index contributed by atoms with van der Waals surface area (Å²) in [7, 11) is 1.57. The lowest BCUT2D eigenvalue weighted by atomic mass is 10.1. The molecule has 2 aromatic heterocycles. The van der Waals surface area contributed by atoms with Crippen LogP contribution in [0.2, 0.25) is 0 Å². The standard InChI is InChI=1S/C18H24N4O3/c1-25-18-4-2-3-14(20-18)5-6-17(24)21-15-9-13(10-16(15)23)11-22-8-7-19-12-22/h2-4,7-8,12-13,15-16,23H,5-6,9-11H2,1H3,(H,21,24)/t13?,15-,16-/m1/s1. The van der Waals surface area contributed by atoms with Gasteiger partial charge in [0.25, 0.3) is 0 Å². The summed E-state index contributed by atoms with van der Waals surface area (Å²) >= 11 is 0. The van der Waals surface area contributed by atoms with E-state index in [9.17, 15) is 9.90 Å². The number of nitrogens with zero attached hydrogens (tertiary/aromatic N) is 3. The van der Waals surface area contributed by atoms with Crippen molar-refractivity contribution >= 4 is 5.91 Å². The monoisotopic (exact) mass is 344 g/mol. The van der Waals surface area contributed by atoms with Crippen molar-refractivity contribution in [3.63, 3.8) is 0 Å². The molecule has 134 valence electrons. The SMILES string of the molecule is COc1cccc(CCC(=O)N[C@@H]2CC(Cn3ccnc3)C[C@H]2O)n1. The lowest BCUT2D eigenvalue weighted by molar-refractivity contribution is -0.122. The van der Waals surface area contributed by atoms with E-state index in [0.29, 0.717) is 31.1 Å². The maximum Gasteiger partial charge on any atom is 0.220 e. The van der Waals surface area contributed by atoms with Gasteiger partial charge in [0, 0.05) is 37.1 Å². The van der Waals surface area contributed by atoms with E-state index >= 15 is 0 Å². The van der Waals surface area contributed by atoms with Crippen LogP contribution >= 0.6 is 0 Å². The molecule has 1 aliphatic carbocycles. The second-order valence-corrected chi connectivity index (χ2v) is 6.51. The van der Waals surface area contributed by atoms with Crippen LogP contribution in [0.5, 0.6) is 5.88 Å². The number of aliphatic hydroxyl groups excluding tert-OH is 1. The average molecular weight is 344 g/mol. The molecule has 0 radical (unpaired) electrons. The van der Waals surface area contributed by atoms with Crippen molar-refractivity contribution in [3.05, 3.63) is 42.6 Å². The molecule has 0 aliphatic heterocycles. The number of methoxy groups -OCH3 is 1. The first-order valence-corrected chi connectivity index (χ1v) is 8.57. The fraction of sp³-hybridized carbons (Fsp3) is 0.500. The number of pyridine rings is 1. The highest BCUT2D eigenvalue weighted by molar-refractivity contribution is 5.76. The van der Waals surface area contributed by atoms with Crippen molar-refractivity contribution < 1.29 is 14.6 Å². The molecule has 0 bridgehead atoms. The molecule has 2 N–H and O–H groups in total. The van der Waals surface area contributed by atoms with E-state index in [1.165, 1.54) is 0 Å². The van der Waals surface area contributed by atoms with Gasteiger partial charge in [0.1, 0.15) is 0 Å². The Morgan fingerprint density at radius 1 is 1.44 bits per heavy atom. The minimum absolute atomic E-state index is 0.0584. The molecule has 1 aliphatic rings. The number of aromatic nitrogens is 3. The molecule has 3 atom stereocenters. The van der Waals surface area contributed by atoms with Crippen molar-refractivity contribution in [2.75, 3.05) is 7.11 Å². The largest absolute Gasteiger partial charge is 0.481 e. The molecule has 0 aromatic carbocycles. The van der Waals surface area contributed by atoms with Gasteiger partial charge >= 0.3 is 0 Å². The van der Waals surface area contributed by atoms with Crippen molar-refractivity contribution in [2.24, 2.45) is 5.92 Å². The van der Waals surface area contributed by atoms with Crippen LogP contribution in [0.15, 0.2) is 36.9 Å². The Hall–Kier alpha value is -2.41. The number of amides is 1. The topological polar surface area (TPSA) is 89.3 Å². The Balaban J connectivity index is 1.45. The van der Waals surface area contributed by atoms with Gasteiger partial charge < -0.3 is 19.7 Å². The van der Waals surface area contributed by atoms with Gasteiger partial charge in [-0.15, -0.1) is 0 Å². The molecule has 1 unspecified atom stereocenters. The van der Waals surface area contributed by atoms with Crippen molar-refractivity contribution in [1.82, 2.24) is 19.9 Å². The molecule has 1 amide bonds. The number of imidazole rings is 1. The third-order valence-corrected chi connectivity index (χ3v) is 4.60. The van der Waals surface area contributed by atoms with Gasteiger partial charge in [0.2, 0.25) is 11.8 Å². The van der Waals surface area contributed by atoms with Crippen LogP contribution in [-0.4, -0.2) is 44.8 Å². The number of aryl methyl sites for hydroxylation is 1.